The van der Waals surface area contributed by atoms with Gasteiger partial charge in [-0.25, -0.2) is 4.98 Å². The van der Waals surface area contributed by atoms with E-state index in [4.69, 9.17) is 9.72 Å². The van der Waals surface area contributed by atoms with Gasteiger partial charge in [0.1, 0.15) is 6.10 Å². The van der Waals surface area contributed by atoms with Gasteiger partial charge in [-0.1, -0.05) is 12.1 Å². The molecule has 0 fully saturated rings. The van der Waals surface area contributed by atoms with Crippen LogP contribution in [0.3, 0.4) is 0 Å². The number of nitrogens with one attached hydrogen (secondary N) is 1. The van der Waals surface area contributed by atoms with E-state index in [1.807, 2.05) is 0 Å². The third-order valence-electron chi connectivity index (χ3n) is 3.61. The lowest BCUT2D eigenvalue weighted by Crippen LogP contribution is -2.25. The Morgan fingerprint density at radius 3 is 3.00 bits per heavy atom. The van der Waals surface area contributed by atoms with Crippen LogP contribution in [0.2, 0.25) is 0 Å². The molecule has 2 aromatic rings. The standard InChI is InChI=1S/C15H18N2O/c1-9-4-5-12-6-13-8-16-7-10(2)18-15(13)17-14(12)11(9)3/h4-6,10,16H,7-8H2,1-3H3. The van der Waals surface area contributed by atoms with Crippen LogP contribution < -0.4 is 10.1 Å². The van der Waals surface area contributed by atoms with Gasteiger partial charge in [-0.2, -0.15) is 0 Å². The molecule has 0 amide bonds. The monoisotopic (exact) mass is 242 g/mol. The molecular formula is C15H18N2O. The molecule has 3 rings (SSSR count). The number of pyridine rings is 1. The Kier molecular flexibility index (Phi) is 2.71. The lowest BCUT2D eigenvalue weighted by Gasteiger charge is -2.13. The number of hydrogen-bond donors (Lipinski definition) is 1. The normalized spacial score (nSPS) is 19.2. The van der Waals surface area contributed by atoms with Crippen molar-refractivity contribution in [1.82, 2.24) is 10.3 Å². The number of nitrogens with zero attached hydrogens (tertiary/aromatic N) is 1. The Morgan fingerprint density at radius 2 is 2.17 bits per heavy atom. The summed E-state index contributed by atoms with van der Waals surface area (Å²) in [6, 6.07) is 6.48. The first-order valence-electron chi connectivity index (χ1n) is 6.42. The highest BCUT2D eigenvalue weighted by atomic mass is 16.5. The quantitative estimate of drug-likeness (QED) is 0.771. The molecule has 1 N–H and O–H groups in total. The first-order chi connectivity index (χ1) is 8.65. The van der Waals surface area contributed by atoms with Crippen molar-refractivity contribution in [2.75, 3.05) is 6.54 Å². The largest absolute Gasteiger partial charge is 0.473 e. The molecule has 0 spiro atoms. The molecule has 0 aliphatic carbocycles. The molecule has 1 aromatic carbocycles. The van der Waals surface area contributed by atoms with Gasteiger partial charge in [-0.3, -0.25) is 0 Å². The van der Waals surface area contributed by atoms with E-state index in [1.165, 1.54) is 16.5 Å². The summed E-state index contributed by atoms with van der Waals surface area (Å²) < 4.78 is 5.89. The molecule has 0 saturated carbocycles. The van der Waals surface area contributed by atoms with Gasteiger partial charge in [-0.05, 0) is 38.0 Å². The van der Waals surface area contributed by atoms with Crippen molar-refractivity contribution in [3.8, 4) is 5.88 Å². The summed E-state index contributed by atoms with van der Waals surface area (Å²) in [5.74, 6) is 0.786. The van der Waals surface area contributed by atoms with Crippen LogP contribution in [0.5, 0.6) is 5.88 Å². The summed E-state index contributed by atoms with van der Waals surface area (Å²) in [6.07, 6.45) is 0.168. The molecule has 18 heavy (non-hydrogen) atoms. The summed E-state index contributed by atoms with van der Waals surface area (Å²) in [5.41, 5.74) is 4.72. The maximum Gasteiger partial charge on any atom is 0.218 e. The van der Waals surface area contributed by atoms with E-state index in [9.17, 15) is 0 Å². The summed E-state index contributed by atoms with van der Waals surface area (Å²) in [4.78, 5) is 4.72. The van der Waals surface area contributed by atoms with Gasteiger partial charge >= 0.3 is 0 Å². The number of hydrogen-bond acceptors (Lipinski definition) is 3. The molecule has 0 radical (unpaired) electrons. The lowest BCUT2D eigenvalue weighted by molar-refractivity contribution is 0.218. The average molecular weight is 242 g/mol. The Morgan fingerprint density at radius 1 is 1.33 bits per heavy atom. The SMILES string of the molecule is Cc1ccc2cc3c(nc2c1C)OC(C)CNC3. The van der Waals surface area contributed by atoms with Crippen molar-refractivity contribution in [1.29, 1.82) is 0 Å². The Labute approximate surface area is 107 Å². The van der Waals surface area contributed by atoms with Crippen LogP contribution in [0.4, 0.5) is 0 Å². The van der Waals surface area contributed by atoms with Crippen molar-refractivity contribution in [3.63, 3.8) is 0 Å². The highest BCUT2D eigenvalue weighted by Gasteiger charge is 2.16. The lowest BCUT2D eigenvalue weighted by atomic mass is 10.0. The van der Waals surface area contributed by atoms with Gasteiger partial charge in [0.2, 0.25) is 5.88 Å². The van der Waals surface area contributed by atoms with Crippen molar-refractivity contribution >= 4 is 10.9 Å². The van der Waals surface area contributed by atoms with Crippen LogP contribution in [-0.4, -0.2) is 17.6 Å². The van der Waals surface area contributed by atoms with Gasteiger partial charge in [-0.15, -0.1) is 0 Å². The molecule has 1 aromatic heterocycles. The second-order valence-corrected chi connectivity index (χ2v) is 5.09. The first-order valence-corrected chi connectivity index (χ1v) is 6.42. The van der Waals surface area contributed by atoms with Crippen molar-refractivity contribution < 1.29 is 4.74 Å². The van der Waals surface area contributed by atoms with Crippen LogP contribution in [0, 0.1) is 13.8 Å². The first kappa shape index (κ1) is 11.5. The molecule has 1 aliphatic rings. The van der Waals surface area contributed by atoms with E-state index < -0.39 is 0 Å². The second kappa shape index (κ2) is 4.25. The molecule has 2 heterocycles. The fourth-order valence-electron chi connectivity index (χ4n) is 2.38. The number of rotatable bonds is 0. The summed E-state index contributed by atoms with van der Waals surface area (Å²) in [5, 5.41) is 4.57. The van der Waals surface area contributed by atoms with E-state index in [-0.39, 0.29) is 6.10 Å². The maximum absolute atomic E-state index is 5.89. The molecule has 94 valence electrons. The Bertz CT molecular complexity index is 607. The zero-order valence-electron chi connectivity index (χ0n) is 11.1. The molecule has 3 nitrogen and oxygen atoms in total. The average Bonchev–Trinajstić information content (AvgIpc) is 2.52. The molecule has 1 aliphatic heterocycles. The van der Waals surface area contributed by atoms with Crippen LogP contribution in [0.25, 0.3) is 10.9 Å². The second-order valence-electron chi connectivity index (χ2n) is 5.09. The topological polar surface area (TPSA) is 34.1 Å². The molecule has 1 unspecified atom stereocenters. The summed E-state index contributed by atoms with van der Waals surface area (Å²) in [7, 11) is 0. The fraction of sp³-hybridized carbons (Fsp3) is 0.400. The van der Waals surface area contributed by atoms with Crippen LogP contribution >= 0.6 is 0 Å². The van der Waals surface area contributed by atoms with Crippen molar-refractivity contribution in [2.24, 2.45) is 0 Å². The number of benzene rings is 1. The van der Waals surface area contributed by atoms with E-state index in [0.29, 0.717) is 0 Å². The van der Waals surface area contributed by atoms with E-state index in [0.717, 1.165) is 30.0 Å². The van der Waals surface area contributed by atoms with Gasteiger partial charge in [0.15, 0.2) is 0 Å². The van der Waals surface area contributed by atoms with Gasteiger partial charge in [0, 0.05) is 24.0 Å². The minimum absolute atomic E-state index is 0.168. The molecule has 3 heteroatoms. The molecule has 0 saturated heterocycles. The van der Waals surface area contributed by atoms with Crippen molar-refractivity contribution in [3.05, 3.63) is 34.9 Å². The van der Waals surface area contributed by atoms with Gasteiger partial charge < -0.3 is 10.1 Å². The maximum atomic E-state index is 5.89. The highest BCUT2D eigenvalue weighted by molar-refractivity contribution is 5.84. The van der Waals surface area contributed by atoms with Gasteiger partial charge in [0.05, 0.1) is 5.52 Å². The van der Waals surface area contributed by atoms with Crippen LogP contribution in [0.1, 0.15) is 23.6 Å². The Balaban J connectivity index is 2.22. The minimum atomic E-state index is 0.168. The molecule has 1 atom stereocenters. The Hall–Kier alpha value is -1.61. The molecule has 0 bridgehead atoms. The summed E-state index contributed by atoms with van der Waals surface area (Å²) in [6.45, 7) is 8.00. The zero-order valence-corrected chi connectivity index (χ0v) is 11.1. The van der Waals surface area contributed by atoms with Crippen LogP contribution in [-0.2, 0) is 6.54 Å². The number of aryl methyl sites for hydroxylation is 2. The third-order valence-corrected chi connectivity index (χ3v) is 3.61. The van der Waals surface area contributed by atoms with Crippen molar-refractivity contribution in [2.45, 2.75) is 33.4 Å². The van der Waals surface area contributed by atoms with Crippen LogP contribution in [0.15, 0.2) is 18.2 Å². The molecular weight excluding hydrogens is 224 g/mol. The number of ether oxygens (including phenoxy) is 1. The zero-order chi connectivity index (χ0) is 12.7. The minimum Gasteiger partial charge on any atom is -0.473 e. The number of fused-ring (bicyclic) bond motifs is 2. The fourth-order valence-corrected chi connectivity index (χ4v) is 2.38. The van der Waals surface area contributed by atoms with E-state index in [1.54, 1.807) is 0 Å². The van der Waals surface area contributed by atoms with Gasteiger partial charge in [0.25, 0.3) is 0 Å². The predicted octanol–water partition coefficient (Wildman–Crippen LogP) is 2.72. The smallest absolute Gasteiger partial charge is 0.218 e. The third kappa shape index (κ3) is 1.85. The summed E-state index contributed by atoms with van der Waals surface area (Å²) >= 11 is 0. The highest BCUT2D eigenvalue weighted by Crippen LogP contribution is 2.27. The van der Waals surface area contributed by atoms with E-state index >= 15 is 0 Å². The van der Waals surface area contributed by atoms with E-state index in [2.05, 4.69) is 44.3 Å². The predicted molar refractivity (Wildman–Crippen MR) is 73.0 cm³/mol. The number of aromatic nitrogens is 1.